The molecule has 1 heterocycles. The van der Waals surface area contributed by atoms with Gasteiger partial charge in [-0.2, -0.15) is 0 Å². The Morgan fingerprint density at radius 3 is 2.11 bits per heavy atom. The first-order chi connectivity index (χ1) is 26.8. The van der Waals surface area contributed by atoms with Crippen molar-refractivity contribution >= 4 is 33.3 Å². The summed E-state index contributed by atoms with van der Waals surface area (Å²) in [6.07, 6.45) is 3.02. The van der Waals surface area contributed by atoms with E-state index in [9.17, 15) is 0 Å². The third-order valence-electron chi connectivity index (χ3n) is 11.4. The Morgan fingerprint density at radius 2 is 1.19 bits per heavy atom. The van der Waals surface area contributed by atoms with Gasteiger partial charge < -0.3 is 0 Å². The van der Waals surface area contributed by atoms with Gasteiger partial charge in [0.05, 0.1) is 11.2 Å². The number of rotatable bonds is 4. The first-order valence-electron chi connectivity index (χ1n) is 18.7. The molecule has 0 amide bonds. The molecular weight excluding hydrogens is 653 g/mol. The zero-order valence-electron chi connectivity index (χ0n) is 29.6. The van der Waals surface area contributed by atoms with E-state index in [-0.39, 0.29) is 5.92 Å². The van der Waals surface area contributed by atoms with E-state index >= 15 is 0 Å². The zero-order valence-corrected chi connectivity index (χ0v) is 29.6. The molecule has 0 radical (unpaired) electrons. The predicted molar refractivity (Wildman–Crippen MR) is 224 cm³/mol. The fraction of sp³-hybridized carbons (Fsp3) is 0.0385. The Morgan fingerprint density at radius 1 is 0.463 bits per heavy atom. The predicted octanol–water partition coefficient (Wildman–Crippen LogP) is 13.0. The van der Waals surface area contributed by atoms with Crippen LogP contribution in [0.25, 0.3) is 78.0 Å². The Kier molecular flexibility index (Phi) is 7.03. The average Bonchev–Trinajstić information content (AvgIpc) is 3.48. The lowest BCUT2D eigenvalue weighted by Crippen LogP contribution is -2.01. The molecule has 252 valence electrons. The van der Waals surface area contributed by atoms with Gasteiger partial charge in [0.15, 0.2) is 5.82 Å². The Balaban J connectivity index is 1.07. The van der Waals surface area contributed by atoms with Crippen LogP contribution in [0.3, 0.4) is 0 Å². The zero-order chi connectivity index (χ0) is 35.6. The molecule has 0 saturated heterocycles. The summed E-state index contributed by atoms with van der Waals surface area (Å²) in [6, 6.07) is 66.1. The van der Waals surface area contributed by atoms with E-state index in [0.29, 0.717) is 6.42 Å². The molecule has 54 heavy (non-hydrogen) atoms. The van der Waals surface area contributed by atoms with Gasteiger partial charge in [-0.15, -0.1) is 0 Å². The minimum atomic E-state index is 0.210. The molecule has 0 bridgehead atoms. The van der Waals surface area contributed by atoms with E-state index in [1.165, 1.54) is 72.0 Å². The number of nitrogens with zero attached hydrogens (tertiary/aromatic N) is 2. The maximum Gasteiger partial charge on any atom is 0.156 e. The quantitative estimate of drug-likeness (QED) is 0.184. The smallest absolute Gasteiger partial charge is 0.156 e. The Bertz CT molecular complexity index is 2970. The summed E-state index contributed by atoms with van der Waals surface area (Å²) in [4.78, 5) is 10.6. The Hall–Kier alpha value is -6.90. The van der Waals surface area contributed by atoms with Crippen LogP contribution in [0.2, 0.25) is 0 Å². The summed E-state index contributed by atoms with van der Waals surface area (Å²) in [5.41, 5.74) is 18.3. The van der Waals surface area contributed by atoms with Crippen LogP contribution in [-0.4, -0.2) is 9.97 Å². The van der Waals surface area contributed by atoms with Crippen molar-refractivity contribution in [3.63, 3.8) is 0 Å². The average molecular weight is 687 g/mol. The molecule has 0 spiro atoms. The fourth-order valence-electron chi connectivity index (χ4n) is 8.90. The SMILES string of the molecule is C1=C(c2nc(-c3ccc4ccccc4c3)c3ccccc3n2)Cc2cc(-c3cccc4c3-c3ccccc3[C@@H]4c3ccccc3)ccc2-c2ccccc21. The van der Waals surface area contributed by atoms with Crippen molar-refractivity contribution in [3.05, 3.63) is 216 Å². The van der Waals surface area contributed by atoms with Gasteiger partial charge >= 0.3 is 0 Å². The van der Waals surface area contributed by atoms with Crippen LogP contribution in [-0.2, 0) is 6.42 Å². The first kappa shape index (κ1) is 30.7. The number of hydrogen-bond donors (Lipinski definition) is 0. The molecular formula is C52H34N2. The fourth-order valence-corrected chi connectivity index (χ4v) is 8.90. The van der Waals surface area contributed by atoms with E-state index in [2.05, 4.69) is 188 Å². The van der Waals surface area contributed by atoms with Crippen LogP contribution >= 0.6 is 0 Å². The van der Waals surface area contributed by atoms with E-state index in [0.717, 1.165) is 33.6 Å². The van der Waals surface area contributed by atoms with Gasteiger partial charge in [-0.3, -0.25) is 0 Å². The van der Waals surface area contributed by atoms with Crippen LogP contribution in [0.5, 0.6) is 0 Å². The molecule has 11 rings (SSSR count). The standard InChI is InChI=1S/C52H34N2/c1-2-14-34(15-3-1)49-44-19-8-9-20-45(44)50-43(22-12-23-47(49)50)37-27-28-42-39(30-37)32-40(31-36-17-6-7-18-41(36)42)52-53-48-24-11-10-21-46(48)51(54-52)38-26-25-33-13-4-5-16-35(33)29-38/h1-31,49H,32H2/t49-/m0/s1. The lowest BCUT2D eigenvalue weighted by molar-refractivity contribution is 1.02. The number of benzene rings is 8. The van der Waals surface area contributed by atoms with Crippen LogP contribution < -0.4 is 0 Å². The Labute approximate surface area is 314 Å². The summed E-state index contributed by atoms with van der Waals surface area (Å²) >= 11 is 0. The molecule has 2 aliphatic carbocycles. The van der Waals surface area contributed by atoms with Gasteiger partial charge in [-0.25, -0.2) is 9.97 Å². The minimum Gasteiger partial charge on any atom is -0.228 e. The van der Waals surface area contributed by atoms with Crippen LogP contribution in [0.15, 0.2) is 182 Å². The number of allylic oxidation sites excluding steroid dienone is 1. The van der Waals surface area contributed by atoms with Crippen molar-refractivity contribution in [1.29, 1.82) is 0 Å². The van der Waals surface area contributed by atoms with Gasteiger partial charge in [-0.1, -0.05) is 170 Å². The molecule has 0 aliphatic heterocycles. The van der Waals surface area contributed by atoms with Crippen molar-refractivity contribution in [1.82, 2.24) is 9.97 Å². The van der Waals surface area contributed by atoms with Crippen molar-refractivity contribution in [3.8, 4) is 44.6 Å². The van der Waals surface area contributed by atoms with Crippen molar-refractivity contribution in [2.75, 3.05) is 0 Å². The highest BCUT2D eigenvalue weighted by Gasteiger charge is 2.32. The molecule has 2 heteroatoms. The monoisotopic (exact) mass is 686 g/mol. The molecule has 9 aromatic rings. The number of para-hydroxylation sites is 1. The van der Waals surface area contributed by atoms with E-state index < -0.39 is 0 Å². The van der Waals surface area contributed by atoms with Crippen molar-refractivity contribution in [2.24, 2.45) is 0 Å². The number of fused-ring (bicyclic) bond motifs is 8. The molecule has 0 unspecified atom stereocenters. The molecule has 1 atom stereocenters. The van der Waals surface area contributed by atoms with Crippen molar-refractivity contribution in [2.45, 2.75) is 12.3 Å². The largest absolute Gasteiger partial charge is 0.228 e. The first-order valence-corrected chi connectivity index (χ1v) is 18.7. The number of hydrogen-bond acceptors (Lipinski definition) is 2. The highest BCUT2D eigenvalue weighted by Crippen LogP contribution is 2.52. The second-order valence-corrected chi connectivity index (χ2v) is 14.5. The molecule has 1 aromatic heterocycles. The molecule has 8 aromatic carbocycles. The van der Waals surface area contributed by atoms with E-state index in [1.807, 2.05) is 0 Å². The highest BCUT2D eigenvalue weighted by atomic mass is 14.9. The van der Waals surface area contributed by atoms with Gasteiger partial charge in [0.1, 0.15) is 0 Å². The third kappa shape index (κ3) is 4.95. The maximum absolute atomic E-state index is 5.40. The molecule has 0 N–H and O–H groups in total. The lowest BCUT2D eigenvalue weighted by Gasteiger charge is -2.16. The topological polar surface area (TPSA) is 25.8 Å². The van der Waals surface area contributed by atoms with Crippen LogP contribution in [0, 0.1) is 0 Å². The molecule has 2 nitrogen and oxygen atoms in total. The normalized spacial score (nSPS) is 14.1. The summed E-state index contributed by atoms with van der Waals surface area (Å²) < 4.78 is 0. The van der Waals surface area contributed by atoms with Crippen LogP contribution in [0.4, 0.5) is 0 Å². The summed E-state index contributed by atoms with van der Waals surface area (Å²) in [5.74, 6) is 0.978. The van der Waals surface area contributed by atoms with E-state index in [1.54, 1.807) is 0 Å². The summed E-state index contributed by atoms with van der Waals surface area (Å²) in [5, 5.41) is 3.48. The molecule has 0 fully saturated rings. The second kappa shape index (κ2) is 12.4. The van der Waals surface area contributed by atoms with Gasteiger partial charge in [0, 0.05) is 28.9 Å². The summed E-state index contributed by atoms with van der Waals surface area (Å²) in [7, 11) is 0. The van der Waals surface area contributed by atoms with Crippen LogP contribution in [0.1, 0.15) is 39.6 Å². The lowest BCUT2D eigenvalue weighted by atomic mass is 9.87. The maximum atomic E-state index is 5.40. The second-order valence-electron chi connectivity index (χ2n) is 14.5. The van der Waals surface area contributed by atoms with E-state index in [4.69, 9.17) is 9.97 Å². The van der Waals surface area contributed by atoms with Gasteiger partial charge in [0.25, 0.3) is 0 Å². The molecule has 2 aliphatic rings. The van der Waals surface area contributed by atoms with Gasteiger partial charge in [0.2, 0.25) is 0 Å². The van der Waals surface area contributed by atoms with Gasteiger partial charge in [-0.05, 0) is 90.2 Å². The number of aromatic nitrogens is 2. The summed E-state index contributed by atoms with van der Waals surface area (Å²) in [6.45, 7) is 0. The highest BCUT2D eigenvalue weighted by molar-refractivity contribution is 5.99. The van der Waals surface area contributed by atoms with Crippen molar-refractivity contribution < 1.29 is 0 Å². The minimum absolute atomic E-state index is 0.210. The third-order valence-corrected chi connectivity index (χ3v) is 11.4. The molecule has 0 saturated carbocycles.